The number of hydrogen-bond acceptors (Lipinski definition) is 5. The van der Waals surface area contributed by atoms with Crippen LogP contribution in [0.15, 0.2) is 32.6 Å². The van der Waals surface area contributed by atoms with E-state index in [2.05, 4.69) is 9.50 Å². The first kappa shape index (κ1) is 17.7. The van der Waals surface area contributed by atoms with Crippen molar-refractivity contribution in [3.63, 3.8) is 0 Å². The van der Waals surface area contributed by atoms with E-state index in [9.17, 15) is 12.8 Å². The van der Waals surface area contributed by atoms with Gasteiger partial charge in [-0.3, -0.25) is 5.01 Å². The van der Waals surface area contributed by atoms with E-state index < -0.39 is 15.8 Å². The lowest BCUT2D eigenvalue weighted by Gasteiger charge is -2.29. The van der Waals surface area contributed by atoms with Gasteiger partial charge in [0, 0.05) is 18.2 Å². The predicted octanol–water partition coefficient (Wildman–Crippen LogP) is 2.22. The fourth-order valence-electron chi connectivity index (χ4n) is 3.23. The number of halogens is 1. The SMILES string of the molecule is CCN(C=NS(=O)(=O)c1ccc(N)c(F)c1)N1CC2(C=N1)CCCC2. The fraction of sp³-hybridized carbons (Fsp3) is 0.500. The second-order valence-corrected chi connectivity index (χ2v) is 8.11. The lowest BCUT2D eigenvalue weighted by atomic mass is 9.89. The Balaban J connectivity index is 1.74. The van der Waals surface area contributed by atoms with Gasteiger partial charge in [0.05, 0.1) is 17.1 Å². The molecule has 3 rings (SSSR count). The zero-order valence-electron chi connectivity index (χ0n) is 14.1. The number of anilines is 1. The van der Waals surface area contributed by atoms with Crippen LogP contribution in [0.3, 0.4) is 0 Å². The molecule has 1 heterocycles. The zero-order valence-corrected chi connectivity index (χ0v) is 14.9. The van der Waals surface area contributed by atoms with Crippen LogP contribution < -0.4 is 5.73 Å². The maximum absolute atomic E-state index is 13.5. The second-order valence-electron chi connectivity index (χ2n) is 6.48. The van der Waals surface area contributed by atoms with Gasteiger partial charge < -0.3 is 5.73 Å². The van der Waals surface area contributed by atoms with E-state index in [-0.39, 0.29) is 16.0 Å². The molecule has 0 atom stereocenters. The second kappa shape index (κ2) is 6.62. The number of benzene rings is 1. The van der Waals surface area contributed by atoms with Crippen LogP contribution >= 0.6 is 0 Å². The minimum atomic E-state index is -4.01. The number of nitrogens with two attached hydrogens (primary N) is 1. The van der Waals surface area contributed by atoms with Gasteiger partial charge in [-0.25, -0.2) is 9.51 Å². The predicted molar refractivity (Wildman–Crippen MR) is 95.0 cm³/mol. The molecule has 2 aliphatic rings. The number of hydrogen-bond donors (Lipinski definition) is 1. The number of nitrogen functional groups attached to an aromatic ring is 1. The third kappa shape index (κ3) is 3.60. The molecule has 0 bridgehead atoms. The van der Waals surface area contributed by atoms with Crippen LogP contribution in [-0.4, -0.2) is 44.2 Å². The Hall–Kier alpha value is -2.16. The summed E-state index contributed by atoms with van der Waals surface area (Å²) in [6.07, 6.45) is 7.79. The lowest BCUT2D eigenvalue weighted by Crippen LogP contribution is -2.40. The summed E-state index contributed by atoms with van der Waals surface area (Å²) in [5.74, 6) is -0.782. The highest BCUT2D eigenvalue weighted by Crippen LogP contribution is 2.40. The maximum Gasteiger partial charge on any atom is 0.283 e. The molecule has 1 aliphatic carbocycles. The molecular weight excluding hydrogens is 345 g/mol. The van der Waals surface area contributed by atoms with E-state index in [1.165, 1.54) is 31.3 Å². The van der Waals surface area contributed by atoms with Crippen molar-refractivity contribution in [3.05, 3.63) is 24.0 Å². The Labute approximate surface area is 147 Å². The first-order valence-corrected chi connectivity index (χ1v) is 9.74. The molecule has 1 fully saturated rings. The van der Waals surface area contributed by atoms with Crippen LogP contribution in [-0.2, 0) is 10.0 Å². The molecular formula is C16H22FN5O2S. The highest BCUT2D eigenvalue weighted by molar-refractivity contribution is 7.90. The Morgan fingerprint density at radius 3 is 2.80 bits per heavy atom. The van der Waals surface area contributed by atoms with Crippen molar-refractivity contribution in [2.24, 2.45) is 14.9 Å². The molecule has 136 valence electrons. The van der Waals surface area contributed by atoms with Crippen molar-refractivity contribution in [2.75, 3.05) is 18.8 Å². The summed E-state index contributed by atoms with van der Waals surface area (Å²) in [5.41, 5.74) is 5.37. The highest BCUT2D eigenvalue weighted by atomic mass is 32.2. The first-order valence-electron chi connectivity index (χ1n) is 8.30. The minimum absolute atomic E-state index is 0.0974. The van der Waals surface area contributed by atoms with Crippen molar-refractivity contribution in [2.45, 2.75) is 37.5 Å². The lowest BCUT2D eigenvalue weighted by molar-refractivity contribution is 0.0498. The molecule has 9 heteroatoms. The highest BCUT2D eigenvalue weighted by Gasteiger charge is 2.39. The summed E-state index contributed by atoms with van der Waals surface area (Å²) < 4.78 is 41.8. The summed E-state index contributed by atoms with van der Waals surface area (Å²) in [6.45, 7) is 3.13. The summed E-state index contributed by atoms with van der Waals surface area (Å²) >= 11 is 0. The summed E-state index contributed by atoms with van der Waals surface area (Å²) in [5, 5.41) is 7.80. The van der Waals surface area contributed by atoms with Gasteiger partial charge in [-0.05, 0) is 38.0 Å². The van der Waals surface area contributed by atoms with Gasteiger partial charge in [0.1, 0.15) is 12.2 Å². The van der Waals surface area contributed by atoms with Crippen LogP contribution in [0, 0.1) is 11.2 Å². The molecule has 1 spiro atoms. The first-order chi connectivity index (χ1) is 11.9. The van der Waals surface area contributed by atoms with Crippen molar-refractivity contribution >= 4 is 28.3 Å². The monoisotopic (exact) mass is 367 g/mol. The van der Waals surface area contributed by atoms with Gasteiger partial charge in [0.25, 0.3) is 10.0 Å². The average Bonchev–Trinajstić information content (AvgIpc) is 3.21. The van der Waals surface area contributed by atoms with Gasteiger partial charge in [0.2, 0.25) is 0 Å². The van der Waals surface area contributed by atoms with Crippen LogP contribution in [0.4, 0.5) is 10.1 Å². The summed E-state index contributed by atoms with van der Waals surface area (Å²) in [7, 11) is -4.01. The van der Waals surface area contributed by atoms with E-state index in [1.807, 2.05) is 13.1 Å². The van der Waals surface area contributed by atoms with Crippen LogP contribution in [0.25, 0.3) is 0 Å². The maximum atomic E-state index is 13.5. The smallest absolute Gasteiger partial charge is 0.283 e. The zero-order chi connectivity index (χ0) is 18.1. The Morgan fingerprint density at radius 2 is 2.16 bits per heavy atom. The molecule has 0 aromatic heterocycles. The number of sulfonamides is 1. The summed E-state index contributed by atoms with van der Waals surface area (Å²) in [4.78, 5) is -0.233. The molecule has 0 unspecified atom stereocenters. The third-order valence-corrected chi connectivity index (χ3v) is 5.95. The molecule has 2 N–H and O–H groups in total. The Kier molecular flexibility index (Phi) is 4.68. The number of hydrazine groups is 1. The van der Waals surface area contributed by atoms with Gasteiger partial charge in [0.15, 0.2) is 0 Å². The quantitative estimate of drug-likeness (QED) is 0.489. The number of nitrogens with zero attached hydrogens (tertiary/aromatic N) is 4. The largest absolute Gasteiger partial charge is 0.396 e. The third-order valence-electron chi connectivity index (χ3n) is 4.73. The van der Waals surface area contributed by atoms with Crippen molar-refractivity contribution in [1.82, 2.24) is 10.1 Å². The summed E-state index contributed by atoms with van der Waals surface area (Å²) in [6, 6.07) is 3.33. The molecule has 0 saturated heterocycles. The molecule has 0 radical (unpaired) electrons. The van der Waals surface area contributed by atoms with Crippen LogP contribution in [0.2, 0.25) is 0 Å². The van der Waals surface area contributed by atoms with E-state index >= 15 is 0 Å². The van der Waals surface area contributed by atoms with Gasteiger partial charge >= 0.3 is 0 Å². The molecule has 7 nitrogen and oxygen atoms in total. The van der Waals surface area contributed by atoms with Crippen LogP contribution in [0.5, 0.6) is 0 Å². The minimum Gasteiger partial charge on any atom is -0.396 e. The molecule has 1 aromatic rings. The topological polar surface area (TPSA) is 91.4 Å². The normalized spacial score (nSPS) is 19.4. The molecule has 1 saturated carbocycles. The fourth-order valence-corrected chi connectivity index (χ4v) is 4.07. The van der Waals surface area contributed by atoms with Crippen molar-refractivity contribution in [1.29, 1.82) is 0 Å². The van der Waals surface area contributed by atoms with E-state index in [0.29, 0.717) is 6.54 Å². The standard InChI is InChI=1S/C16H22FN5O2S/c1-2-21(22-11-16(10-19-22)7-3-4-8-16)12-20-25(23,24)13-5-6-15(18)14(17)9-13/h5-6,9-10,12H,2-4,7-8,11,18H2,1H3. The van der Waals surface area contributed by atoms with E-state index in [1.54, 1.807) is 10.1 Å². The number of rotatable bonds is 5. The Morgan fingerprint density at radius 1 is 1.44 bits per heavy atom. The van der Waals surface area contributed by atoms with Crippen LogP contribution in [0.1, 0.15) is 32.6 Å². The van der Waals surface area contributed by atoms with Gasteiger partial charge in [-0.15, -0.1) is 4.40 Å². The van der Waals surface area contributed by atoms with Gasteiger partial charge in [-0.1, -0.05) is 12.8 Å². The molecule has 1 aliphatic heterocycles. The van der Waals surface area contributed by atoms with E-state index in [0.717, 1.165) is 25.5 Å². The van der Waals surface area contributed by atoms with Crippen molar-refractivity contribution < 1.29 is 12.8 Å². The Bertz CT molecular complexity index is 803. The molecule has 1 aromatic carbocycles. The molecule has 0 amide bonds. The average molecular weight is 367 g/mol. The molecule has 25 heavy (non-hydrogen) atoms. The van der Waals surface area contributed by atoms with E-state index in [4.69, 9.17) is 5.73 Å². The number of hydrazone groups is 1. The van der Waals surface area contributed by atoms with Crippen molar-refractivity contribution in [3.8, 4) is 0 Å². The van der Waals surface area contributed by atoms with Gasteiger partial charge in [-0.2, -0.15) is 13.5 Å².